The number of ether oxygens (including phenoxy) is 3. The van der Waals surface area contributed by atoms with Gasteiger partial charge in [-0.05, 0) is 111 Å². The van der Waals surface area contributed by atoms with Crippen LogP contribution in [-0.2, 0) is 20.4 Å². The number of carbonyl (C=O) groups excluding carboxylic acids is 1. The summed E-state index contributed by atoms with van der Waals surface area (Å²) in [6.07, 6.45) is 1.62. The lowest BCUT2D eigenvalue weighted by atomic mass is 9.82. The standard InChI is InChI=1S/C60H40N2O4S6/c1-59(2)42-11-7-5-9-38(42)40-19-17-34(23-44(40)59)62(35-18-20-41-39-10-6-8-12-43(39)60(3,4)45(41)24-35)33-15-13-32(14-16-33)55-53-54(65-22-21-64-53)56(72-55)51-28-48-46(69-51)27-47(68-48)49-29-52-58(71-49)57-50(70-52)26-37(67-57)25-36(30-61)66-31-63/h5-20,23-29,31H,21-22H2,1-4H3. The number of nitriles is 1. The summed E-state index contributed by atoms with van der Waals surface area (Å²) in [6.45, 7) is 10.7. The van der Waals surface area contributed by atoms with Crippen LogP contribution >= 0.6 is 68.0 Å². The molecular formula is C60H40N2O4S6. The van der Waals surface area contributed by atoms with Gasteiger partial charge in [-0.15, -0.1) is 68.0 Å². The van der Waals surface area contributed by atoms with Crippen LogP contribution in [0.2, 0.25) is 0 Å². The molecule has 0 fully saturated rings. The maximum absolute atomic E-state index is 10.8. The molecule has 11 aromatic rings. The number of anilines is 3. The summed E-state index contributed by atoms with van der Waals surface area (Å²) in [4.78, 5) is 20.0. The molecule has 6 aromatic heterocycles. The minimum Gasteiger partial charge on any atom is -0.485 e. The molecule has 0 spiro atoms. The van der Waals surface area contributed by atoms with Crippen LogP contribution < -0.4 is 14.4 Å². The van der Waals surface area contributed by atoms with Crippen molar-refractivity contribution >= 4 is 126 Å². The van der Waals surface area contributed by atoms with E-state index in [9.17, 15) is 10.1 Å². The second-order valence-corrected chi connectivity index (χ2v) is 25.7. The van der Waals surface area contributed by atoms with E-state index in [0.717, 1.165) is 48.8 Å². The Morgan fingerprint density at radius 3 is 1.72 bits per heavy atom. The zero-order valence-corrected chi connectivity index (χ0v) is 44.1. The monoisotopic (exact) mass is 1040 g/mol. The summed E-state index contributed by atoms with van der Waals surface area (Å²) in [5.41, 5.74) is 14.8. The Kier molecular flexibility index (Phi) is 9.97. The Hall–Kier alpha value is -6.82. The highest BCUT2D eigenvalue weighted by atomic mass is 32.1. The molecule has 72 heavy (non-hydrogen) atoms. The summed E-state index contributed by atoms with van der Waals surface area (Å²) in [7, 11) is 0. The topological polar surface area (TPSA) is 71.8 Å². The highest BCUT2D eigenvalue weighted by Crippen LogP contribution is 2.58. The van der Waals surface area contributed by atoms with Crippen molar-refractivity contribution in [2.24, 2.45) is 0 Å². The number of rotatable bonds is 9. The van der Waals surface area contributed by atoms with Crippen LogP contribution in [0.25, 0.3) is 86.5 Å². The zero-order chi connectivity index (χ0) is 48.6. The number of allylic oxidation sites excluding steroid dienone is 1. The fourth-order valence-electron chi connectivity index (χ4n) is 11.1. The van der Waals surface area contributed by atoms with Crippen molar-refractivity contribution in [3.05, 3.63) is 166 Å². The number of thiophene rings is 6. The molecule has 0 atom stereocenters. The number of benzene rings is 5. The predicted octanol–water partition coefficient (Wildman–Crippen LogP) is 18.4. The first-order valence-electron chi connectivity index (χ1n) is 23.6. The molecule has 14 rings (SSSR count). The first-order valence-corrected chi connectivity index (χ1v) is 28.5. The molecule has 0 unspecified atom stereocenters. The Balaban J connectivity index is 0.808. The van der Waals surface area contributed by atoms with Crippen LogP contribution in [0.4, 0.5) is 17.1 Å². The third-order valence-corrected chi connectivity index (χ3v) is 22.1. The Bertz CT molecular complexity index is 4010. The molecule has 6 nitrogen and oxygen atoms in total. The molecule has 5 aromatic carbocycles. The largest absolute Gasteiger partial charge is 0.485 e. The van der Waals surface area contributed by atoms with E-state index >= 15 is 0 Å². The van der Waals surface area contributed by atoms with E-state index in [2.05, 4.69) is 166 Å². The van der Waals surface area contributed by atoms with Crippen LogP contribution in [0, 0.1) is 11.3 Å². The molecule has 0 radical (unpaired) electrons. The van der Waals surface area contributed by atoms with Gasteiger partial charge in [0.25, 0.3) is 6.47 Å². The second kappa shape index (κ2) is 16.3. The van der Waals surface area contributed by atoms with Crippen LogP contribution in [0.15, 0.2) is 139 Å². The smallest absolute Gasteiger partial charge is 0.299 e. The van der Waals surface area contributed by atoms with Crippen LogP contribution in [-0.4, -0.2) is 19.7 Å². The fourth-order valence-corrected chi connectivity index (χ4v) is 18.8. The fraction of sp³-hybridized carbons (Fsp3) is 0.133. The van der Waals surface area contributed by atoms with Gasteiger partial charge in [0.2, 0.25) is 5.76 Å². The van der Waals surface area contributed by atoms with Gasteiger partial charge in [-0.25, -0.2) is 0 Å². The molecule has 0 bridgehead atoms. The van der Waals surface area contributed by atoms with Gasteiger partial charge in [-0.3, -0.25) is 4.79 Å². The first kappa shape index (κ1) is 43.9. The lowest BCUT2D eigenvalue weighted by molar-refractivity contribution is -0.124. The highest BCUT2D eigenvalue weighted by molar-refractivity contribution is 7.40. The van der Waals surface area contributed by atoms with Gasteiger partial charge in [0.15, 0.2) is 11.5 Å². The van der Waals surface area contributed by atoms with Gasteiger partial charge in [-0.2, -0.15) is 5.26 Å². The minimum absolute atomic E-state index is 0.0138. The van der Waals surface area contributed by atoms with E-state index in [0.29, 0.717) is 13.2 Å². The minimum atomic E-state index is -0.137. The van der Waals surface area contributed by atoms with E-state index in [1.54, 1.807) is 62.8 Å². The lowest BCUT2D eigenvalue weighted by Crippen LogP contribution is -2.18. The Morgan fingerprint density at radius 2 is 1.08 bits per heavy atom. The quantitative estimate of drug-likeness (QED) is 0.0815. The average Bonchev–Trinajstić information content (AvgIpc) is 4.28. The third-order valence-electron chi connectivity index (χ3n) is 14.5. The molecule has 3 aliphatic rings. The Morgan fingerprint density at radius 1 is 0.556 bits per heavy atom. The van der Waals surface area contributed by atoms with E-state index in [-0.39, 0.29) is 23.1 Å². The number of carbonyl (C=O) groups is 1. The van der Waals surface area contributed by atoms with Gasteiger partial charge >= 0.3 is 0 Å². The van der Waals surface area contributed by atoms with Crippen molar-refractivity contribution in [1.82, 2.24) is 0 Å². The van der Waals surface area contributed by atoms with Crippen molar-refractivity contribution in [2.45, 2.75) is 38.5 Å². The molecule has 1 aliphatic heterocycles. The molecule has 0 amide bonds. The van der Waals surface area contributed by atoms with Gasteiger partial charge in [-0.1, -0.05) is 100 Å². The summed E-state index contributed by atoms with van der Waals surface area (Å²) in [5.74, 6) is 1.64. The van der Waals surface area contributed by atoms with Crippen molar-refractivity contribution in [1.29, 1.82) is 5.26 Å². The van der Waals surface area contributed by atoms with E-state index in [4.69, 9.17) is 14.2 Å². The van der Waals surface area contributed by atoms with Crippen LogP contribution in [0.3, 0.4) is 0 Å². The second-order valence-electron chi connectivity index (χ2n) is 19.3. The highest BCUT2D eigenvalue weighted by Gasteiger charge is 2.38. The van der Waals surface area contributed by atoms with Crippen molar-refractivity contribution in [3.8, 4) is 69.8 Å². The first-order chi connectivity index (χ1) is 35.0. The van der Waals surface area contributed by atoms with E-state index in [1.165, 1.54) is 87.3 Å². The summed E-state index contributed by atoms with van der Waals surface area (Å²) >= 11 is 10.5. The van der Waals surface area contributed by atoms with Crippen molar-refractivity contribution in [3.63, 3.8) is 0 Å². The van der Waals surface area contributed by atoms with Crippen molar-refractivity contribution in [2.75, 3.05) is 18.1 Å². The molecule has 350 valence electrons. The molecule has 0 saturated heterocycles. The number of hydrogen-bond donors (Lipinski definition) is 0. The number of nitrogens with zero attached hydrogens (tertiary/aromatic N) is 2. The van der Waals surface area contributed by atoms with Gasteiger partial charge in [0.05, 0.1) is 24.0 Å². The molecular weight excluding hydrogens is 1010 g/mol. The molecule has 0 saturated carbocycles. The van der Waals surface area contributed by atoms with E-state index in [1.807, 2.05) is 17.4 Å². The van der Waals surface area contributed by atoms with Crippen molar-refractivity contribution < 1.29 is 19.0 Å². The lowest BCUT2D eigenvalue weighted by Gasteiger charge is -2.30. The van der Waals surface area contributed by atoms with Gasteiger partial charge in [0.1, 0.15) is 19.3 Å². The molecule has 0 N–H and O–H groups in total. The summed E-state index contributed by atoms with van der Waals surface area (Å²) in [5, 5.41) is 9.35. The third kappa shape index (κ3) is 6.68. The molecule has 2 aliphatic carbocycles. The van der Waals surface area contributed by atoms with Gasteiger partial charge < -0.3 is 19.1 Å². The maximum atomic E-state index is 10.8. The number of fused-ring (bicyclic) bond motifs is 11. The SMILES string of the molecule is CC1(C)c2ccccc2-c2ccc(N(c3ccc(-c4sc(-c5cc6sc(-c7cc8sc9cc(C=C(C#N)OC=O)sc9c8s7)cc6s5)c5c4OCCO5)cc3)c3ccc4c(c3)C(C)(C)c3ccccc3-4)cc21. The summed E-state index contributed by atoms with van der Waals surface area (Å²) < 4.78 is 25.1. The predicted molar refractivity (Wildman–Crippen MR) is 304 cm³/mol. The molecule has 12 heteroatoms. The van der Waals surface area contributed by atoms with Gasteiger partial charge in [0, 0.05) is 67.4 Å². The van der Waals surface area contributed by atoms with Crippen LogP contribution in [0.1, 0.15) is 54.8 Å². The van der Waals surface area contributed by atoms with Crippen LogP contribution in [0.5, 0.6) is 11.5 Å². The normalized spacial score (nSPS) is 14.8. The maximum Gasteiger partial charge on any atom is 0.299 e. The zero-order valence-electron chi connectivity index (χ0n) is 39.2. The van der Waals surface area contributed by atoms with E-state index < -0.39 is 0 Å². The average molecular weight is 1050 g/mol. The Labute approximate surface area is 439 Å². The number of hydrogen-bond acceptors (Lipinski definition) is 12. The summed E-state index contributed by atoms with van der Waals surface area (Å²) in [6, 6.07) is 51.7. The molecule has 7 heterocycles.